The lowest BCUT2D eigenvalue weighted by molar-refractivity contribution is 0.0919. The summed E-state index contributed by atoms with van der Waals surface area (Å²) in [6, 6.07) is 11.3. The summed E-state index contributed by atoms with van der Waals surface area (Å²) in [5.74, 6) is 0.517. The fraction of sp³-hybridized carbons (Fsp3) is 0.300. The van der Waals surface area contributed by atoms with E-state index in [1.807, 2.05) is 42.6 Å². The van der Waals surface area contributed by atoms with Crippen molar-refractivity contribution >= 4 is 28.5 Å². The highest BCUT2D eigenvalue weighted by Gasteiger charge is 2.22. The molecule has 3 aromatic rings. The number of piperidine rings is 1. The minimum atomic E-state index is 0.0560. The molecule has 25 heavy (non-hydrogen) atoms. The van der Waals surface area contributed by atoms with Crippen molar-refractivity contribution in [3.63, 3.8) is 0 Å². The molecule has 0 radical (unpaired) electrons. The molecule has 0 spiro atoms. The summed E-state index contributed by atoms with van der Waals surface area (Å²) < 4.78 is 1.77. The third-order valence-corrected chi connectivity index (χ3v) is 5.16. The van der Waals surface area contributed by atoms with Gasteiger partial charge in [-0.3, -0.25) is 14.3 Å². The second-order valence-electron chi connectivity index (χ2n) is 6.55. The number of aromatic nitrogens is 2. The van der Waals surface area contributed by atoms with Gasteiger partial charge in [-0.05, 0) is 67.2 Å². The summed E-state index contributed by atoms with van der Waals surface area (Å²) in [6.45, 7) is 2.03. The number of benzene rings is 1. The zero-order valence-electron chi connectivity index (χ0n) is 13.9. The van der Waals surface area contributed by atoms with Crippen LogP contribution in [-0.2, 0) is 6.42 Å². The first-order chi connectivity index (χ1) is 12.2. The van der Waals surface area contributed by atoms with E-state index in [1.165, 1.54) is 5.56 Å². The summed E-state index contributed by atoms with van der Waals surface area (Å²) in [5, 5.41) is 4.07. The molecule has 0 atom stereocenters. The van der Waals surface area contributed by atoms with E-state index in [2.05, 4.69) is 10.3 Å². The zero-order valence-corrected chi connectivity index (χ0v) is 14.7. The van der Waals surface area contributed by atoms with Crippen molar-refractivity contribution in [2.45, 2.75) is 25.2 Å². The van der Waals surface area contributed by atoms with Crippen LogP contribution < -0.4 is 5.32 Å². The molecule has 1 aromatic carbocycles. The number of hydrogen-bond acceptors (Lipinski definition) is 3. The van der Waals surface area contributed by atoms with Crippen LogP contribution in [-0.4, -0.2) is 28.5 Å². The van der Waals surface area contributed by atoms with Gasteiger partial charge in [-0.25, -0.2) is 0 Å². The molecule has 0 saturated carbocycles. The Morgan fingerprint density at radius 2 is 1.96 bits per heavy atom. The van der Waals surface area contributed by atoms with E-state index in [-0.39, 0.29) is 5.91 Å². The third-order valence-electron chi connectivity index (χ3n) is 4.90. The molecule has 0 bridgehead atoms. The van der Waals surface area contributed by atoms with E-state index < -0.39 is 0 Å². The fourth-order valence-corrected chi connectivity index (χ4v) is 3.71. The normalized spacial score (nSPS) is 15.6. The Bertz CT molecular complexity index is 895. The first-order valence-corrected chi connectivity index (χ1v) is 9.04. The van der Waals surface area contributed by atoms with Gasteiger partial charge in [0.05, 0.1) is 17.5 Å². The van der Waals surface area contributed by atoms with E-state index >= 15 is 0 Å². The first kappa shape index (κ1) is 16.3. The third kappa shape index (κ3) is 3.32. The number of halogens is 1. The lowest BCUT2D eigenvalue weighted by Crippen LogP contribution is -2.26. The van der Waals surface area contributed by atoms with Crippen LogP contribution in [0.2, 0.25) is 5.02 Å². The quantitative estimate of drug-likeness (QED) is 0.773. The van der Waals surface area contributed by atoms with E-state index in [1.54, 1.807) is 10.8 Å². The number of pyridine rings is 1. The molecular formula is C20H20ClN3O. The molecule has 0 unspecified atom stereocenters. The molecule has 3 heterocycles. The van der Waals surface area contributed by atoms with Gasteiger partial charge in [0, 0.05) is 17.4 Å². The van der Waals surface area contributed by atoms with Crippen LogP contribution in [0.5, 0.6) is 0 Å². The molecule has 4 nitrogen and oxygen atoms in total. The molecular weight excluding hydrogens is 334 g/mol. The Labute approximate surface area is 151 Å². The van der Waals surface area contributed by atoms with Crippen molar-refractivity contribution in [3.8, 4) is 0 Å². The average molecular weight is 354 g/mol. The molecule has 2 aromatic heterocycles. The lowest BCUT2D eigenvalue weighted by Gasteiger charge is -2.21. The lowest BCUT2D eigenvalue weighted by atomic mass is 9.91. The fourth-order valence-electron chi connectivity index (χ4n) is 3.58. The molecule has 1 N–H and O–H groups in total. The van der Waals surface area contributed by atoms with Crippen LogP contribution in [0.25, 0.3) is 11.0 Å². The van der Waals surface area contributed by atoms with Gasteiger partial charge in [0.1, 0.15) is 0 Å². The van der Waals surface area contributed by atoms with Gasteiger partial charge in [-0.15, -0.1) is 0 Å². The summed E-state index contributed by atoms with van der Waals surface area (Å²) in [7, 11) is 0. The molecule has 1 aliphatic rings. The predicted molar refractivity (Wildman–Crippen MR) is 100 cm³/mol. The van der Waals surface area contributed by atoms with Gasteiger partial charge in [0.25, 0.3) is 0 Å². The summed E-state index contributed by atoms with van der Waals surface area (Å²) in [4.78, 5) is 17.5. The van der Waals surface area contributed by atoms with Crippen molar-refractivity contribution in [3.05, 3.63) is 64.9 Å². The monoisotopic (exact) mass is 353 g/mol. The molecule has 1 fully saturated rings. The highest BCUT2D eigenvalue weighted by Crippen LogP contribution is 2.32. The Balaban J connectivity index is 1.69. The van der Waals surface area contributed by atoms with Gasteiger partial charge in [-0.2, -0.15) is 0 Å². The second-order valence-corrected chi connectivity index (χ2v) is 6.98. The van der Waals surface area contributed by atoms with E-state index in [0.717, 1.165) is 42.5 Å². The SMILES string of the molecule is O=C(Cc1ccc(Cl)cc1)n1cc(C2CCNCC2)c2ncccc21. The van der Waals surface area contributed by atoms with E-state index in [0.29, 0.717) is 17.4 Å². The van der Waals surface area contributed by atoms with Crippen LogP contribution in [0, 0.1) is 0 Å². The average Bonchev–Trinajstić information content (AvgIpc) is 3.04. The first-order valence-electron chi connectivity index (χ1n) is 8.67. The summed E-state index contributed by atoms with van der Waals surface area (Å²) in [6.07, 6.45) is 6.33. The van der Waals surface area contributed by atoms with Crippen LogP contribution >= 0.6 is 11.6 Å². The minimum Gasteiger partial charge on any atom is -0.317 e. The van der Waals surface area contributed by atoms with Crippen molar-refractivity contribution in [2.24, 2.45) is 0 Å². The van der Waals surface area contributed by atoms with Crippen molar-refractivity contribution in [1.82, 2.24) is 14.9 Å². The summed E-state index contributed by atoms with van der Waals surface area (Å²) in [5.41, 5.74) is 4.01. The number of nitrogens with one attached hydrogen (secondary N) is 1. The van der Waals surface area contributed by atoms with Crippen molar-refractivity contribution < 1.29 is 4.79 Å². The Kier molecular flexibility index (Phi) is 4.55. The summed E-state index contributed by atoms with van der Waals surface area (Å²) >= 11 is 5.93. The van der Waals surface area contributed by atoms with E-state index in [4.69, 9.17) is 11.6 Å². The molecule has 1 saturated heterocycles. The highest BCUT2D eigenvalue weighted by molar-refractivity contribution is 6.30. The number of nitrogens with zero attached hydrogens (tertiary/aromatic N) is 2. The molecule has 1 aliphatic heterocycles. The Morgan fingerprint density at radius 3 is 2.72 bits per heavy atom. The minimum absolute atomic E-state index is 0.0560. The van der Waals surface area contributed by atoms with Gasteiger partial charge >= 0.3 is 0 Å². The molecule has 4 rings (SSSR count). The van der Waals surface area contributed by atoms with Crippen molar-refractivity contribution in [1.29, 1.82) is 0 Å². The number of carbonyl (C=O) groups is 1. The molecule has 128 valence electrons. The maximum Gasteiger partial charge on any atom is 0.235 e. The van der Waals surface area contributed by atoms with Gasteiger partial charge < -0.3 is 5.32 Å². The maximum atomic E-state index is 12.9. The molecule has 0 amide bonds. The van der Waals surface area contributed by atoms with Crippen LogP contribution in [0.1, 0.15) is 34.7 Å². The number of fused-ring (bicyclic) bond motifs is 1. The van der Waals surface area contributed by atoms with Crippen LogP contribution in [0.4, 0.5) is 0 Å². The van der Waals surface area contributed by atoms with E-state index in [9.17, 15) is 4.79 Å². The topological polar surface area (TPSA) is 46.9 Å². The number of hydrogen-bond donors (Lipinski definition) is 1. The number of carbonyl (C=O) groups excluding carboxylic acids is 1. The van der Waals surface area contributed by atoms with Gasteiger partial charge in [-0.1, -0.05) is 23.7 Å². The van der Waals surface area contributed by atoms with Gasteiger partial charge in [0.2, 0.25) is 5.91 Å². The van der Waals surface area contributed by atoms with Crippen LogP contribution in [0.3, 0.4) is 0 Å². The maximum absolute atomic E-state index is 12.9. The molecule has 0 aliphatic carbocycles. The largest absolute Gasteiger partial charge is 0.317 e. The predicted octanol–water partition coefficient (Wildman–Crippen LogP) is 4.04. The molecule has 5 heteroatoms. The smallest absolute Gasteiger partial charge is 0.235 e. The number of rotatable bonds is 3. The zero-order chi connectivity index (χ0) is 17.2. The Morgan fingerprint density at radius 1 is 1.20 bits per heavy atom. The van der Waals surface area contributed by atoms with Crippen LogP contribution in [0.15, 0.2) is 48.8 Å². The highest BCUT2D eigenvalue weighted by atomic mass is 35.5. The second kappa shape index (κ2) is 6.98. The Hall–Kier alpha value is -2.17. The van der Waals surface area contributed by atoms with Gasteiger partial charge in [0.15, 0.2) is 0 Å². The standard InChI is InChI=1S/C20H20ClN3O/c21-16-5-3-14(4-6-16)12-19(25)24-13-17(15-7-10-22-11-8-15)20-18(24)2-1-9-23-20/h1-6,9,13,15,22H,7-8,10-12H2. The van der Waals surface area contributed by atoms with Crippen molar-refractivity contribution in [2.75, 3.05) is 13.1 Å².